The molecule has 0 bridgehead atoms. The molecular formula is C24H24FN5O2. The van der Waals surface area contributed by atoms with Gasteiger partial charge in [0, 0.05) is 42.9 Å². The highest BCUT2D eigenvalue weighted by Crippen LogP contribution is 2.25. The van der Waals surface area contributed by atoms with Gasteiger partial charge in [-0.1, -0.05) is 0 Å². The Balaban J connectivity index is 1.30. The van der Waals surface area contributed by atoms with E-state index in [2.05, 4.69) is 25.7 Å². The quantitative estimate of drug-likeness (QED) is 0.633. The number of anilines is 3. The number of hydrogen-bond acceptors (Lipinski definition) is 5. The van der Waals surface area contributed by atoms with Gasteiger partial charge >= 0.3 is 0 Å². The molecule has 1 aromatic heterocycles. The lowest BCUT2D eigenvalue weighted by Gasteiger charge is -2.31. The molecule has 1 saturated heterocycles. The number of nitrogens with zero attached hydrogens (tertiary/aromatic N) is 3. The SMILES string of the molecule is CC(=O)Nc1ccc(NC(=O)C2CCN(c3ccc(-c4ccc(F)cc4)nn3)CC2)cc1. The van der Waals surface area contributed by atoms with E-state index >= 15 is 0 Å². The van der Waals surface area contributed by atoms with E-state index in [9.17, 15) is 14.0 Å². The van der Waals surface area contributed by atoms with Crippen LogP contribution in [0.15, 0.2) is 60.7 Å². The van der Waals surface area contributed by atoms with Crippen LogP contribution >= 0.6 is 0 Å². The van der Waals surface area contributed by atoms with E-state index in [1.165, 1.54) is 19.1 Å². The molecule has 1 aliphatic rings. The summed E-state index contributed by atoms with van der Waals surface area (Å²) in [5.74, 6) is 0.265. The summed E-state index contributed by atoms with van der Waals surface area (Å²) in [6.45, 7) is 2.88. The summed E-state index contributed by atoms with van der Waals surface area (Å²) in [5.41, 5.74) is 2.89. The Labute approximate surface area is 185 Å². The molecule has 0 atom stereocenters. The second kappa shape index (κ2) is 9.55. The number of amides is 2. The van der Waals surface area contributed by atoms with E-state index in [0.717, 1.165) is 24.2 Å². The van der Waals surface area contributed by atoms with Gasteiger partial charge in [0.2, 0.25) is 11.8 Å². The van der Waals surface area contributed by atoms with E-state index in [1.807, 2.05) is 12.1 Å². The van der Waals surface area contributed by atoms with Gasteiger partial charge in [-0.05, 0) is 73.5 Å². The zero-order chi connectivity index (χ0) is 22.5. The van der Waals surface area contributed by atoms with Crippen molar-refractivity contribution >= 4 is 29.0 Å². The maximum Gasteiger partial charge on any atom is 0.227 e. The first-order valence-electron chi connectivity index (χ1n) is 10.5. The Morgan fingerprint density at radius 3 is 2.06 bits per heavy atom. The minimum atomic E-state index is -0.285. The summed E-state index contributed by atoms with van der Waals surface area (Å²) in [6, 6.07) is 17.0. The van der Waals surface area contributed by atoms with Crippen LogP contribution < -0.4 is 15.5 Å². The molecule has 1 aliphatic heterocycles. The van der Waals surface area contributed by atoms with Crippen LogP contribution in [-0.2, 0) is 9.59 Å². The fourth-order valence-electron chi connectivity index (χ4n) is 3.72. The van der Waals surface area contributed by atoms with Crippen molar-refractivity contribution in [3.05, 3.63) is 66.5 Å². The number of carbonyl (C=O) groups excluding carboxylic acids is 2. The largest absolute Gasteiger partial charge is 0.355 e. The minimum Gasteiger partial charge on any atom is -0.355 e. The summed E-state index contributed by atoms with van der Waals surface area (Å²) < 4.78 is 13.1. The van der Waals surface area contributed by atoms with Gasteiger partial charge < -0.3 is 15.5 Å². The van der Waals surface area contributed by atoms with Gasteiger partial charge in [-0.15, -0.1) is 10.2 Å². The molecule has 2 aromatic carbocycles. The lowest BCUT2D eigenvalue weighted by molar-refractivity contribution is -0.120. The first-order chi connectivity index (χ1) is 15.5. The molecule has 0 aliphatic carbocycles. The molecule has 0 unspecified atom stereocenters. The Kier molecular flexibility index (Phi) is 6.39. The van der Waals surface area contributed by atoms with Crippen LogP contribution in [0.25, 0.3) is 11.3 Å². The van der Waals surface area contributed by atoms with Gasteiger partial charge in [0.1, 0.15) is 5.82 Å². The smallest absolute Gasteiger partial charge is 0.227 e. The van der Waals surface area contributed by atoms with E-state index in [4.69, 9.17) is 0 Å². The minimum absolute atomic E-state index is 0.00494. The van der Waals surface area contributed by atoms with Crippen LogP contribution in [0.5, 0.6) is 0 Å². The van der Waals surface area contributed by atoms with E-state index < -0.39 is 0 Å². The van der Waals surface area contributed by atoms with Crippen LogP contribution in [0.4, 0.5) is 21.6 Å². The number of hydrogen-bond donors (Lipinski definition) is 2. The molecule has 4 rings (SSSR count). The summed E-state index contributed by atoms with van der Waals surface area (Å²) in [5, 5.41) is 14.2. The van der Waals surface area contributed by atoms with Gasteiger partial charge in [-0.3, -0.25) is 9.59 Å². The molecule has 0 spiro atoms. The fraction of sp³-hybridized carbons (Fsp3) is 0.250. The first-order valence-corrected chi connectivity index (χ1v) is 10.5. The normalized spacial score (nSPS) is 14.1. The van der Waals surface area contributed by atoms with E-state index in [-0.39, 0.29) is 23.5 Å². The second-order valence-electron chi connectivity index (χ2n) is 7.79. The maximum atomic E-state index is 13.1. The van der Waals surface area contributed by atoms with Gasteiger partial charge in [0.25, 0.3) is 0 Å². The van der Waals surface area contributed by atoms with E-state index in [0.29, 0.717) is 30.2 Å². The molecule has 0 saturated carbocycles. The van der Waals surface area contributed by atoms with Crippen LogP contribution in [0.2, 0.25) is 0 Å². The molecule has 2 amide bonds. The summed E-state index contributed by atoms with van der Waals surface area (Å²) in [6.07, 6.45) is 1.44. The number of benzene rings is 2. The number of carbonyl (C=O) groups is 2. The van der Waals surface area contributed by atoms with Gasteiger partial charge in [-0.25, -0.2) is 4.39 Å². The van der Waals surface area contributed by atoms with Crippen molar-refractivity contribution in [1.82, 2.24) is 10.2 Å². The Morgan fingerprint density at radius 1 is 0.875 bits per heavy atom. The Bertz CT molecular complexity index is 1080. The maximum absolute atomic E-state index is 13.1. The fourth-order valence-corrected chi connectivity index (χ4v) is 3.72. The monoisotopic (exact) mass is 433 g/mol. The molecule has 7 nitrogen and oxygen atoms in total. The standard InChI is InChI=1S/C24H24FN5O2/c1-16(31)26-20-6-8-21(9-7-20)27-24(32)18-12-14-30(15-13-18)23-11-10-22(28-29-23)17-2-4-19(25)5-3-17/h2-11,18H,12-15H2,1H3,(H,26,31)(H,27,32). The van der Waals surface area contributed by atoms with Crippen molar-refractivity contribution < 1.29 is 14.0 Å². The van der Waals surface area contributed by atoms with Gasteiger partial charge in [0.05, 0.1) is 5.69 Å². The zero-order valence-corrected chi connectivity index (χ0v) is 17.7. The molecule has 2 heterocycles. The third-order valence-corrected chi connectivity index (χ3v) is 5.45. The van der Waals surface area contributed by atoms with Crippen LogP contribution in [0.1, 0.15) is 19.8 Å². The zero-order valence-electron chi connectivity index (χ0n) is 17.7. The summed E-state index contributed by atoms with van der Waals surface area (Å²) in [4.78, 5) is 25.9. The molecule has 1 fully saturated rings. The lowest BCUT2D eigenvalue weighted by Crippen LogP contribution is -2.38. The number of rotatable bonds is 5. The number of nitrogens with one attached hydrogen (secondary N) is 2. The van der Waals surface area contributed by atoms with Crippen molar-refractivity contribution in [2.45, 2.75) is 19.8 Å². The topological polar surface area (TPSA) is 87.2 Å². The van der Waals surface area contributed by atoms with Crippen molar-refractivity contribution in [1.29, 1.82) is 0 Å². The molecule has 8 heteroatoms. The summed E-state index contributed by atoms with van der Waals surface area (Å²) >= 11 is 0. The highest BCUT2D eigenvalue weighted by Gasteiger charge is 2.26. The Hall–Kier alpha value is -3.81. The van der Waals surface area contributed by atoms with Gasteiger partial charge in [-0.2, -0.15) is 0 Å². The van der Waals surface area contributed by atoms with Crippen LogP contribution in [0.3, 0.4) is 0 Å². The predicted octanol–water partition coefficient (Wildman–Crippen LogP) is 4.10. The second-order valence-corrected chi connectivity index (χ2v) is 7.79. The van der Waals surface area contributed by atoms with Crippen LogP contribution in [0, 0.1) is 11.7 Å². The first kappa shape index (κ1) is 21.4. The third-order valence-electron chi connectivity index (χ3n) is 5.45. The molecular weight excluding hydrogens is 409 g/mol. The molecule has 32 heavy (non-hydrogen) atoms. The van der Waals surface area contributed by atoms with Crippen molar-refractivity contribution in [2.75, 3.05) is 28.6 Å². The summed E-state index contributed by atoms with van der Waals surface area (Å²) in [7, 11) is 0. The highest BCUT2D eigenvalue weighted by atomic mass is 19.1. The lowest BCUT2D eigenvalue weighted by atomic mass is 9.95. The number of halogens is 1. The Morgan fingerprint density at radius 2 is 1.50 bits per heavy atom. The van der Waals surface area contributed by atoms with Crippen LogP contribution in [-0.4, -0.2) is 35.1 Å². The number of piperidine rings is 1. The van der Waals surface area contributed by atoms with Crippen molar-refractivity contribution in [3.63, 3.8) is 0 Å². The molecule has 3 aromatic rings. The average Bonchev–Trinajstić information content (AvgIpc) is 2.81. The molecule has 164 valence electrons. The van der Waals surface area contributed by atoms with Crippen molar-refractivity contribution in [3.8, 4) is 11.3 Å². The molecule has 0 radical (unpaired) electrons. The van der Waals surface area contributed by atoms with Crippen molar-refractivity contribution in [2.24, 2.45) is 5.92 Å². The highest BCUT2D eigenvalue weighted by molar-refractivity contribution is 5.93. The third kappa shape index (κ3) is 5.26. The van der Waals surface area contributed by atoms with Gasteiger partial charge in [0.15, 0.2) is 5.82 Å². The predicted molar refractivity (Wildman–Crippen MR) is 122 cm³/mol. The molecule has 2 N–H and O–H groups in total. The van der Waals surface area contributed by atoms with E-state index in [1.54, 1.807) is 36.4 Å². The average molecular weight is 433 g/mol. The number of aromatic nitrogens is 2.